The molecule has 9 aromatic carbocycles. The first kappa shape index (κ1) is 44.8. The monoisotopic (exact) mass is 950 g/mol. The SMILES string of the molecule is CC1(C)c2cc(/C=C/c3ccc(/C=C/c4ccc5c(c4)C(C)(C)c4cc(N(c6ccccc6)c6nccc7ccccc67)ccc4-5)cc3)ccc2-c2ccc(N(c3ccccc3)c3nccc4ccccc34)cc21. The van der Waals surface area contributed by atoms with Gasteiger partial charge in [-0.2, -0.15) is 0 Å². The highest BCUT2D eigenvalue weighted by Gasteiger charge is 2.38. The number of fused-ring (bicyclic) bond motifs is 8. The highest BCUT2D eigenvalue weighted by Crippen LogP contribution is 2.53. The van der Waals surface area contributed by atoms with E-state index in [1.54, 1.807) is 0 Å². The molecule has 0 atom stereocenters. The van der Waals surface area contributed by atoms with Crippen molar-refractivity contribution in [3.63, 3.8) is 0 Å². The van der Waals surface area contributed by atoms with E-state index >= 15 is 0 Å². The van der Waals surface area contributed by atoms with Crippen LogP contribution in [0.1, 0.15) is 72.2 Å². The summed E-state index contributed by atoms with van der Waals surface area (Å²) in [5.41, 5.74) is 19.1. The van der Waals surface area contributed by atoms with Crippen LogP contribution in [0, 0.1) is 0 Å². The molecule has 0 bridgehead atoms. The minimum atomic E-state index is -0.198. The van der Waals surface area contributed by atoms with Crippen LogP contribution in [0.2, 0.25) is 0 Å². The van der Waals surface area contributed by atoms with Crippen LogP contribution in [-0.4, -0.2) is 9.97 Å². The molecule has 0 saturated heterocycles. The summed E-state index contributed by atoms with van der Waals surface area (Å²) < 4.78 is 0. The summed E-state index contributed by atoms with van der Waals surface area (Å²) in [6.07, 6.45) is 12.8. The molecule has 13 rings (SSSR count). The zero-order chi connectivity index (χ0) is 50.0. The van der Waals surface area contributed by atoms with E-state index in [4.69, 9.17) is 9.97 Å². The first-order valence-corrected chi connectivity index (χ1v) is 25.6. The minimum Gasteiger partial charge on any atom is -0.295 e. The van der Waals surface area contributed by atoms with Crippen molar-refractivity contribution >= 4 is 80.2 Å². The molecule has 0 amide bonds. The Balaban J connectivity index is 0.727. The number of para-hydroxylation sites is 2. The lowest BCUT2D eigenvalue weighted by Crippen LogP contribution is -2.17. The smallest absolute Gasteiger partial charge is 0.145 e. The second kappa shape index (κ2) is 17.9. The molecule has 4 nitrogen and oxygen atoms in total. The third-order valence-electron chi connectivity index (χ3n) is 15.5. The van der Waals surface area contributed by atoms with Crippen molar-refractivity contribution < 1.29 is 0 Å². The molecule has 2 aromatic heterocycles. The zero-order valence-corrected chi connectivity index (χ0v) is 42.0. The van der Waals surface area contributed by atoms with E-state index in [1.165, 1.54) is 66.4 Å². The first-order valence-electron chi connectivity index (χ1n) is 25.6. The van der Waals surface area contributed by atoms with Crippen LogP contribution in [0.15, 0.2) is 231 Å². The molecule has 74 heavy (non-hydrogen) atoms. The fourth-order valence-electron chi connectivity index (χ4n) is 11.6. The summed E-state index contributed by atoms with van der Waals surface area (Å²) in [6, 6.07) is 78.9. The van der Waals surface area contributed by atoms with Crippen molar-refractivity contribution in [3.8, 4) is 22.3 Å². The maximum Gasteiger partial charge on any atom is 0.145 e. The standard InChI is InChI=1S/C70H54N4/c1-69(2)63-43-49(31-35-59(63)61-37-33-55(45-65(61)69)73(53-17-7-5-8-18-53)67-57-21-13-11-15-51(57)39-41-71-67)29-27-47-23-25-48(26-24-47)28-30-50-32-36-60-62-38-34-56(46-66(62)70(3,4)64(60)44-50)74(54-19-9-6-10-20-54)68-58-22-14-12-16-52(58)40-42-72-68/h5-46H,1-4H3/b29-27+,30-28+. The molecule has 4 heteroatoms. The largest absolute Gasteiger partial charge is 0.295 e. The first-order chi connectivity index (χ1) is 36.2. The summed E-state index contributed by atoms with van der Waals surface area (Å²) in [7, 11) is 0. The van der Waals surface area contributed by atoms with Crippen molar-refractivity contribution in [2.45, 2.75) is 38.5 Å². The lowest BCUT2D eigenvalue weighted by atomic mass is 9.81. The Morgan fingerprint density at radius 1 is 0.311 bits per heavy atom. The van der Waals surface area contributed by atoms with Crippen LogP contribution >= 0.6 is 0 Å². The summed E-state index contributed by atoms with van der Waals surface area (Å²) in [6.45, 7) is 9.42. The Labute approximate surface area is 433 Å². The predicted molar refractivity (Wildman–Crippen MR) is 312 cm³/mol. The van der Waals surface area contributed by atoms with E-state index in [0.29, 0.717) is 0 Å². The van der Waals surface area contributed by atoms with Gasteiger partial charge in [-0.15, -0.1) is 0 Å². The number of aromatic nitrogens is 2. The summed E-state index contributed by atoms with van der Waals surface area (Å²) in [5.74, 6) is 1.85. The average Bonchev–Trinajstić information content (AvgIpc) is 3.81. The van der Waals surface area contributed by atoms with Crippen LogP contribution in [0.25, 0.3) is 68.1 Å². The summed E-state index contributed by atoms with van der Waals surface area (Å²) in [4.78, 5) is 14.5. The van der Waals surface area contributed by atoms with Crippen LogP contribution in [0.3, 0.4) is 0 Å². The molecular formula is C70H54N4. The van der Waals surface area contributed by atoms with Gasteiger partial charge in [-0.05, 0) is 138 Å². The van der Waals surface area contributed by atoms with Gasteiger partial charge in [0.25, 0.3) is 0 Å². The molecule has 2 aliphatic rings. The highest BCUT2D eigenvalue weighted by atomic mass is 15.2. The van der Waals surface area contributed by atoms with Crippen LogP contribution in [-0.2, 0) is 10.8 Å². The summed E-state index contributed by atoms with van der Waals surface area (Å²) in [5, 5.41) is 4.58. The van der Waals surface area contributed by atoms with Gasteiger partial charge in [-0.25, -0.2) is 9.97 Å². The van der Waals surface area contributed by atoms with Gasteiger partial charge >= 0.3 is 0 Å². The molecule has 0 saturated carbocycles. The van der Waals surface area contributed by atoms with E-state index < -0.39 is 0 Å². The number of hydrogen-bond donors (Lipinski definition) is 0. The maximum atomic E-state index is 4.97. The third-order valence-corrected chi connectivity index (χ3v) is 15.5. The average molecular weight is 951 g/mol. The van der Waals surface area contributed by atoms with Gasteiger partial charge in [0.1, 0.15) is 11.6 Å². The lowest BCUT2D eigenvalue weighted by Gasteiger charge is -2.28. The van der Waals surface area contributed by atoms with E-state index in [-0.39, 0.29) is 10.8 Å². The topological polar surface area (TPSA) is 32.3 Å². The van der Waals surface area contributed by atoms with Crippen molar-refractivity contribution in [1.82, 2.24) is 9.97 Å². The molecule has 0 aliphatic heterocycles. The molecule has 2 heterocycles. The molecule has 0 spiro atoms. The number of benzene rings is 9. The quantitative estimate of drug-likeness (QED) is 0.128. The van der Waals surface area contributed by atoms with Crippen LogP contribution in [0.4, 0.5) is 34.4 Å². The maximum absolute atomic E-state index is 4.97. The molecule has 0 radical (unpaired) electrons. The third kappa shape index (κ3) is 7.70. The van der Waals surface area contributed by atoms with Crippen molar-refractivity contribution in [1.29, 1.82) is 0 Å². The second-order valence-electron chi connectivity index (χ2n) is 20.7. The van der Waals surface area contributed by atoms with Crippen LogP contribution < -0.4 is 9.80 Å². The fourth-order valence-corrected chi connectivity index (χ4v) is 11.6. The lowest BCUT2D eigenvalue weighted by molar-refractivity contribution is 0.660. The van der Waals surface area contributed by atoms with E-state index in [1.807, 2.05) is 12.4 Å². The number of nitrogens with zero attached hydrogens (tertiary/aromatic N) is 4. The second-order valence-corrected chi connectivity index (χ2v) is 20.7. The summed E-state index contributed by atoms with van der Waals surface area (Å²) >= 11 is 0. The molecule has 354 valence electrons. The Bertz CT molecular complexity index is 3740. The van der Waals surface area contributed by atoms with Gasteiger partial charge in [0, 0.05) is 56.7 Å². The number of rotatable bonds is 10. The molecule has 0 unspecified atom stereocenters. The van der Waals surface area contributed by atoms with E-state index in [9.17, 15) is 0 Å². The molecular weight excluding hydrogens is 897 g/mol. The fraction of sp³-hybridized carbons (Fsp3) is 0.0857. The Hall–Kier alpha value is -9.12. The predicted octanol–water partition coefficient (Wildman–Crippen LogP) is 18.7. The van der Waals surface area contributed by atoms with Gasteiger partial charge in [0.05, 0.1) is 0 Å². The Kier molecular flexibility index (Phi) is 10.8. The van der Waals surface area contributed by atoms with Crippen LogP contribution in [0.5, 0.6) is 0 Å². The molecule has 2 aliphatic carbocycles. The molecule has 0 fully saturated rings. The Morgan fingerprint density at radius 2 is 0.649 bits per heavy atom. The van der Waals surface area contributed by atoms with Gasteiger partial charge < -0.3 is 0 Å². The highest BCUT2D eigenvalue weighted by molar-refractivity contribution is 5.99. The number of hydrogen-bond acceptors (Lipinski definition) is 4. The molecule has 11 aromatic rings. The number of anilines is 6. The van der Waals surface area contributed by atoms with Gasteiger partial charge in [-0.1, -0.05) is 210 Å². The van der Waals surface area contributed by atoms with Gasteiger partial charge in [-0.3, -0.25) is 9.80 Å². The van der Waals surface area contributed by atoms with Crippen molar-refractivity contribution in [2.24, 2.45) is 0 Å². The van der Waals surface area contributed by atoms with E-state index in [2.05, 4.69) is 280 Å². The normalized spacial score (nSPS) is 13.8. The zero-order valence-electron chi connectivity index (χ0n) is 42.0. The van der Waals surface area contributed by atoms with Crippen molar-refractivity contribution in [2.75, 3.05) is 9.80 Å². The van der Waals surface area contributed by atoms with Gasteiger partial charge in [0.2, 0.25) is 0 Å². The van der Waals surface area contributed by atoms with Gasteiger partial charge in [0.15, 0.2) is 0 Å². The van der Waals surface area contributed by atoms with E-state index in [0.717, 1.165) is 56.3 Å². The number of pyridine rings is 2. The molecule has 0 N–H and O–H groups in total. The minimum absolute atomic E-state index is 0.198. The van der Waals surface area contributed by atoms with Crippen molar-refractivity contribution in [3.05, 3.63) is 275 Å². The Morgan fingerprint density at radius 3 is 1.07 bits per heavy atom.